The molecule has 0 bridgehead atoms. The predicted octanol–water partition coefficient (Wildman–Crippen LogP) is 6.17. The van der Waals surface area contributed by atoms with Gasteiger partial charge in [-0.15, -0.1) is 0 Å². The normalized spacial score (nSPS) is 18.4. The van der Waals surface area contributed by atoms with Crippen molar-refractivity contribution in [1.29, 1.82) is 0 Å². The van der Waals surface area contributed by atoms with Crippen LogP contribution in [0.15, 0.2) is 60.7 Å². The topological polar surface area (TPSA) is 81.1 Å². The highest BCUT2D eigenvalue weighted by atomic mass is 16.3. The number of hydrogen-bond donors (Lipinski definition) is 2. The monoisotopic (exact) mass is 494 g/mol. The van der Waals surface area contributed by atoms with Gasteiger partial charge in [0.2, 0.25) is 11.8 Å². The minimum atomic E-state index is -0.0353. The molecule has 2 N–H and O–H groups in total. The van der Waals surface area contributed by atoms with Crippen LogP contribution in [0.1, 0.15) is 56.1 Å². The summed E-state index contributed by atoms with van der Waals surface area (Å²) in [6.45, 7) is 5.34. The van der Waals surface area contributed by atoms with E-state index in [4.69, 9.17) is 0 Å². The molecule has 4 aromatic rings. The molecule has 4 aromatic carbocycles. The van der Waals surface area contributed by atoms with Crippen LogP contribution in [0.4, 0.5) is 11.4 Å². The average molecular weight is 495 g/mol. The van der Waals surface area contributed by atoms with Crippen LogP contribution < -0.4 is 9.80 Å². The summed E-state index contributed by atoms with van der Waals surface area (Å²) in [5.41, 5.74) is 3.72. The van der Waals surface area contributed by atoms with E-state index in [0.29, 0.717) is 19.5 Å². The lowest BCUT2D eigenvalue weighted by molar-refractivity contribution is -0.119. The van der Waals surface area contributed by atoms with E-state index >= 15 is 0 Å². The Morgan fingerprint density at radius 2 is 1.08 bits per heavy atom. The third-order valence-corrected chi connectivity index (χ3v) is 7.95. The fourth-order valence-electron chi connectivity index (χ4n) is 6.27. The van der Waals surface area contributed by atoms with Crippen LogP contribution >= 0.6 is 0 Å². The van der Waals surface area contributed by atoms with Crippen LogP contribution in [0, 0.1) is 0 Å². The van der Waals surface area contributed by atoms with E-state index < -0.39 is 0 Å². The first kappa shape index (κ1) is 23.3. The SMILES string of the molecule is C[C@@H]1CN(C(=O)CCCC(=O)N2C[C@@H](C)c3c2cc(O)c2ccccc32)c2cc(O)c3ccccc3c21. The van der Waals surface area contributed by atoms with Gasteiger partial charge < -0.3 is 20.0 Å². The minimum absolute atomic E-state index is 0.0353. The van der Waals surface area contributed by atoms with E-state index in [0.717, 1.165) is 44.0 Å². The highest BCUT2D eigenvalue weighted by Gasteiger charge is 2.34. The molecule has 6 nitrogen and oxygen atoms in total. The Labute approximate surface area is 215 Å². The first-order valence-electron chi connectivity index (χ1n) is 12.9. The van der Waals surface area contributed by atoms with Crippen molar-refractivity contribution in [2.24, 2.45) is 0 Å². The Balaban J connectivity index is 1.17. The maximum atomic E-state index is 13.2. The zero-order valence-corrected chi connectivity index (χ0v) is 21.1. The standard InChI is InChI=1S/C31H30N2O4/c1-18-16-32(24-14-26(34)20-8-3-5-10-22(20)30(18)24)28(36)12-7-13-29(37)33-17-19(2)31-23-11-6-4-9-21(23)27(35)15-25(31)33/h3-6,8-11,14-15,18-19,34-35H,7,12-13,16-17H2,1-2H3/t18-,19-/m1/s1. The van der Waals surface area contributed by atoms with Gasteiger partial charge in [0, 0.05) is 60.7 Å². The molecule has 2 aliphatic rings. The third-order valence-electron chi connectivity index (χ3n) is 7.95. The van der Waals surface area contributed by atoms with E-state index in [9.17, 15) is 19.8 Å². The van der Waals surface area contributed by atoms with Gasteiger partial charge in [0.15, 0.2) is 0 Å². The lowest BCUT2D eigenvalue weighted by Gasteiger charge is -2.20. The van der Waals surface area contributed by atoms with Crippen LogP contribution in [-0.2, 0) is 9.59 Å². The highest BCUT2D eigenvalue weighted by molar-refractivity contribution is 6.05. The van der Waals surface area contributed by atoms with Crippen LogP contribution in [-0.4, -0.2) is 35.1 Å². The number of benzene rings is 4. The first-order valence-corrected chi connectivity index (χ1v) is 12.9. The third kappa shape index (κ3) is 3.70. The molecule has 2 amide bonds. The summed E-state index contributed by atoms with van der Waals surface area (Å²) >= 11 is 0. The quantitative estimate of drug-likeness (QED) is 0.355. The van der Waals surface area contributed by atoms with Crippen molar-refractivity contribution in [3.05, 3.63) is 71.8 Å². The molecule has 0 aromatic heterocycles. The van der Waals surface area contributed by atoms with E-state index in [1.165, 1.54) is 0 Å². The Morgan fingerprint density at radius 3 is 1.49 bits per heavy atom. The van der Waals surface area contributed by atoms with Crippen molar-refractivity contribution in [2.45, 2.75) is 44.9 Å². The Kier molecular flexibility index (Phi) is 5.55. The number of phenols is 2. The van der Waals surface area contributed by atoms with Gasteiger partial charge in [-0.05, 0) is 28.3 Å². The van der Waals surface area contributed by atoms with Crippen molar-refractivity contribution >= 4 is 44.7 Å². The summed E-state index contributed by atoms with van der Waals surface area (Å²) in [6.07, 6.45) is 0.951. The number of amides is 2. The van der Waals surface area contributed by atoms with Gasteiger partial charge in [0.25, 0.3) is 0 Å². The number of hydrogen-bond acceptors (Lipinski definition) is 4. The number of anilines is 2. The van der Waals surface area contributed by atoms with Crippen molar-refractivity contribution in [3.8, 4) is 11.5 Å². The molecule has 188 valence electrons. The molecular weight excluding hydrogens is 464 g/mol. The highest BCUT2D eigenvalue weighted by Crippen LogP contribution is 2.46. The zero-order valence-electron chi connectivity index (χ0n) is 21.1. The van der Waals surface area contributed by atoms with Gasteiger partial charge >= 0.3 is 0 Å². The second-order valence-electron chi connectivity index (χ2n) is 10.4. The summed E-state index contributed by atoms with van der Waals surface area (Å²) in [4.78, 5) is 30.0. The maximum Gasteiger partial charge on any atom is 0.227 e. The van der Waals surface area contributed by atoms with Crippen LogP contribution in [0.25, 0.3) is 21.5 Å². The fraction of sp³-hybridized carbons (Fsp3) is 0.290. The summed E-state index contributed by atoms with van der Waals surface area (Å²) in [5, 5.41) is 24.7. The Morgan fingerprint density at radius 1 is 0.703 bits per heavy atom. The molecule has 0 radical (unpaired) electrons. The van der Waals surface area contributed by atoms with E-state index in [-0.39, 0.29) is 48.0 Å². The molecule has 2 atom stereocenters. The molecule has 0 fully saturated rings. The van der Waals surface area contributed by atoms with E-state index in [1.54, 1.807) is 21.9 Å². The predicted molar refractivity (Wildman–Crippen MR) is 147 cm³/mol. The minimum Gasteiger partial charge on any atom is -0.507 e. The molecule has 0 saturated heterocycles. The van der Waals surface area contributed by atoms with Gasteiger partial charge in [-0.2, -0.15) is 0 Å². The van der Waals surface area contributed by atoms with Crippen molar-refractivity contribution < 1.29 is 19.8 Å². The number of carbonyl (C=O) groups is 2. The Hall–Kier alpha value is -4.06. The molecule has 2 heterocycles. The number of phenolic OH excluding ortho intramolecular Hbond substituents is 2. The smallest absolute Gasteiger partial charge is 0.227 e. The lowest BCUT2D eigenvalue weighted by Crippen LogP contribution is -2.31. The van der Waals surface area contributed by atoms with Gasteiger partial charge in [-0.25, -0.2) is 0 Å². The summed E-state index contributed by atoms with van der Waals surface area (Å²) in [5.74, 6) is 0.606. The molecular formula is C31H30N2O4. The number of fused-ring (bicyclic) bond motifs is 6. The van der Waals surface area contributed by atoms with Gasteiger partial charge in [0.05, 0.1) is 11.4 Å². The van der Waals surface area contributed by atoms with Crippen LogP contribution in [0.3, 0.4) is 0 Å². The second kappa shape index (κ2) is 8.80. The molecule has 2 aliphatic heterocycles. The molecule has 0 unspecified atom stereocenters. The zero-order chi connectivity index (χ0) is 25.8. The van der Waals surface area contributed by atoms with Crippen molar-refractivity contribution in [1.82, 2.24) is 0 Å². The number of rotatable bonds is 4. The largest absolute Gasteiger partial charge is 0.507 e. The summed E-state index contributed by atoms with van der Waals surface area (Å²) < 4.78 is 0. The molecule has 0 saturated carbocycles. The molecule has 37 heavy (non-hydrogen) atoms. The first-order chi connectivity index (χ1) is 17.8. The molecule has 0 aliphatic carbocycles. The second-order valence-corrected chi connectivity index (χ2v) is 10.4. The summed E-state index contributed by atoms with van der Waals surface area (Å²) in [6, 6.07) is 18.9. The Bertz CT molecular complexity index is 1460. The van der Waals surface area contributed by atoms with E-state index in [2.05, 4.69) is 13.8 Å². The van der Waals surface area contributed by atoms with Gasteiger partial charge in [0.1, 0.15) is 11.5 Å². The van der Waals surface area contributed by atoms with E-state index in [1.807, 2.05) is 48.5 Å². The van der Waals surface area contributed by atoms with Crippen LogP contribution in [0.2, 0.25) is 0 Å². The molecule has 6 heteroatoms. The van der Waals surface area contributed by atoms with Crippen molar-refractivity contribution in [2.75, 3.05) is 22.9 Å². The number of nitrogens with zero attached hydrogens (tertiary/aromatic N) is 2. The number of aromatic hydroxyl groups is 2. The molecule has 6 rings (SSSR count). The van der Waals surface area contributed by atoms with Gasteiger partial charge in [-0.3, -0.25) is 9.59 Å². The maximum absolute atomic E-state index is 13.2. The van der Waals surface area contributed by atoms with Crippen LogP contribution in [0.5, 0.6) is 11.5 Å². The molecule has 0 spiro atoms. The number of carbonyl (C=O) groups excluding carboxylic acids is 2. The average Bonchev–Trinajstić information content (AvgIpc) is 3.40. The lowest BCUT2D eigenvalue weighted by atomic mass is 9.95. The summed E-state index contributed by atoms with van der Waals surface area (Å²) in [7, 11) is 0. The van der Waals surface area contributed by atoms with Crippen molar-refractivity contribution in [3.63, 3.8) is 0 Å². The fourth-order valence-corrected chi connectivity index (χ4v) is 6.27. The van der Waals surface area contributed by atoms with Gasteiger partial charge in [-0.1, -0.05) is 62.4 Å².